The van der Waals surface area contributed by atoms with E-state index in [1.54, 1.807) is 14.0 Å². The van der Waals surface area contributed by atoms with E-state index in [2.05, 4.69) is 29.6 Å². The van der Waals surface area contributed by atoms with E-state index in [9.17, 15) is 9.59 Å². The Morgan fingerprint density at radius 2 is 1.28 bits per heavy atom. The third-order valence-electron chi connectivity index (χ3n) is 8.42. The van der Waals surface area contributed by atoms with Crippen molar-refractivity contribution in [1.82, 2.24) is 5.32 Å². The van der Waals surface area contributed by atoms with Gasteiger partial charge in [0.15, 0.2) is 0 Å². The third-order valence-corrected chi connectivity index (χ3v) is 11.2. The minimum atomic E-state index is -1.32. The van der Waals surface area contributed by atoms with Gasteiger partial charge < -0.3 is 0 Å². The molecule has 5 aromatic rings. The molecule has 0 saturated heterocycles. The van der Waals surface area contributed by atoms with Gasteiger partial charge in [0.25, 0.3) is 0 Å². The molecule has 6 nitrogen and oxygen atoms in total. The predicted octanol–water partition coefficient (Wildman–Crippen LogP) is 7.95. The van der Waals surface area contributed by atoms with Crippen LogP contribution in [0.15, 0.2) is 133 Å². The van der Waals surface area contributed by atoms with Gasteiger partial charge in [-0.2, -0.15) is 0 Å². The molecule has 1 atom stereocenters. The SMILES string of the molecule is COc1ccc(C[Se]CC(C)(NC(=O)OCC2c3ccccc3-c3ccccc32)C(=O)OC(c2ccccc2)c2ccccc2)cc1. The summed E-state index contributed by atoms with van der Waals surface area (Å²) in [6.07, 6.45) is -1.29. The molecule has 238 valence electrons. The molecular formula is C40H37NO5Se. The van der Waals surface area contributed by atoms with Crippen LogP contribution < -0.4 is 10.1 Å². The topological polar surface area (TPSA) is 73.9 Å². The number of ether oxygens (including phenoxy) is 3. The molecule has 0 saturated carbocycles. The van der Waals surface area contributed by atoms with Crippen LogP contribution in [-0.2, 0) is 19.6 Å². The molecule has 0 radical (unpaired) electrons. The van der Waals surface area contributed by atoms with Crippen LogP contribution in [0.5, 0.6) is 5.75 Å². The number of esters is 1. The van der Waals surface area contributed by atoms with Gasteiger partial charge in [0, 0.05) is 0 Å². The quantitative estimate of drug-likeness (QED) is 0.106. The van der Waals surface area contributed by atoms with Gasteiger partial charge in [0.1, 0.15) is 0 Å². The standard InChI is InChI=1S/C40H37NO5Se/c1-40(27-47-26-28-21-23-31(44-2)24-22-28,38(42)46-37(29-13-5-3-6-14-29)30-15-7-4-8-16-30)41-39(43)45-25-36-34-19-11-9-17-32(34)33-18-10-12-20-35(33)36/h3-24,36-37H,25-27H2,1-2H3,(H,41,43). The van der Waals surface area contributed by atoms with Crippen LogP contribution in [0.4, 0.5) is 4.79 Å². The zero-order valence-corrected chi connectivity index (χ0v) is 28.1. The van der Waals surface area contributed by atoms with Crippen molar-refractivity contribution in [3.63, 3.8) is 0 Å². The van der Waals surface area contributed by atoms with Crippen LogP contribution in [0.1, 0.15) is 46.8 Å². The van der Waals surface area contributed by atoms with Crippen molar-refractivity contribution in [2.24, 2.45) is 0 Å². The van der Waals surface area contributed by atoms with Crippen molar-refractivity contribution in [3.05, 3.63) is 161 Å². The van der Waals surface area contributed by atoms with Gasteiger partial charge in [-0.05, 0) is 0 Å². The monoisotopic (exact) mass is 691 g/mol. The van der Waals surface area contributed by atoms with E-state index in [-0.39, 0.29) is 27.5 Å². The van der Waals surface area contributed by atoms with Gasteiger partial charge in [0.05, 0.1) is 0 Å². The number of hydrogen-bond donors (Lipinski definition) is 1. The van der Waals surface area contributed by atoms with Gasteiger partial charge >= 0.3 is 283 Å². The fraction of sp³-hybridized carbons (Fsp3) is 0.200. The van der Waals surface area contributed by atoms with Crippen LogP contribution in [0.3, 0.4) is 0 Å². The second-order valence-corrected chi connectivity index (χ2v) is 13.8. The average Bonchev–Trinajstić information content (AvgIpc) is 3.44. The molecule has 0 heterocycles. The molecule has 1 N–H and O–H groups in total. The van der Waals surface area contributed by atoms with Crippen LogP contribution in [0, 0.1) is 0 Å². The molecule has 1 aliphatic rings. The molecule has 6 rings (SSSR count). The summed E-state index contributed by atoms with van der Waals surface area (Å²) in [5.41, 5.74) is 6.06. The maximum absolute atomic E-state index is 14.2. The molecule has 1 unspecified atom stereocenters. The van der Waals surface area contributed by atoms with Crippen molar-refractivity contribution in [3.8, 4) is 16.9 Å². The van der Waals surface area contributed by atoms with E-state index in [0.29, 0.717) is 5.32 Å². The number of carbonyl (C=O) groups is 2. The van der Waals surface area contributed by atoms with E-state index >= 15 is 0 Å². The molecule has 0 bridgehead atoms. The Kier molecular flexibility index (Phi) is 10.1. The fourth-order valence-corrected chi connectivity index (χ4v) is 8.29. The zero-order chi connectivity index (χ0) is 32.6. The summed E-state index contributed by atoms with van der Waals surface area (Å²) in [5, 5.41) is 4.12. The van der Waals surface area contributed by atoms with Crippen molar-refractivity contribution >= 4 is 27.0 Å². The molecule has 47 heavy (non-hydrogen) atoms. The number of alkyl carbamates (subject to hydrolysis) is 1. The van der Waals surface area contributed by atoms with Crippen molar-refractivity contribution in [2.75, 3.05) is 13.7 Å². The molecule has 5 aromatic carbocycles. The summed E-state index contributed by atoms with van der Waals surface area (Å²) in [7, 11) is 1.64. The molecule has 0 spiro atoms. The van der Waals surface area contributed by atoms with E-state index < -0.39 is 23.7 Å². The second-order valence-electron chi connectivity index (χ2n) is 11.7. The molecule has 0 aromatic heterocycles. The van der Waals surface area contributed by atoms with Crippen LogP contribution >= 0.6 is 0 Å². The van der Waals surface area contributed by atoms with Crippen molar-refractivity contribution in [2.45, 2.75) is 35.1 Å². The number of carbonyl (C=O) groups excluding carboxylic acids is 2. The summed E-state index contributed by atoms with van der Waals surface area (Å²) in [4.78, 5) is 27.7. The number of hydrogen-bond acceptors (Lipinski definition) is 5. The number of fused-ring (bicyclic) bond motifs is 3. The Bertz CT molecular complexity index is 1730. The summed E-state index contributed by atoms with van der Waals surface area (Å²) < 4.78 is 17.5. The normalized spacial score (nSPS) is 13.3. The molecule has 0 fully saturated rings. The Morgan fingerprint density at radius 1 is 0.745 bits per heavy atom. The van der Waals surface area contributed by atoms with E-state index in [1.165, 1.54) is 0 Å². The van der Waals surface area contributed by atoms with E-state index in [1.807, 2.05) is 109 Å². The van der Waals surface area contributed by atoms with Crippen LogP contribution in [-0.4, -0.2) is 46.3 Å². The minimum absolute atomic E-state index is 0.0477. The third kappa shape index (κ3) is 7.43. The second kappa shape index (κ2) is 14.7. The van der Waals surface area contributed by atoms with E-state index in [4.69, 9.17) is 14.2 Å². The number of nitrogens with one attached hydrogen (secondary N) is 1. The molecule has 0 aliphatic heterocycles. The number of rotatable bonds is 12. The van der Waals surface area contributed by atoms with Crippen LogP contribution in [0.25, 0.3) is 11.1 Å². The maximum atomic E-state index is 14.2. The summed E-state index contributed by atoms with van der Waals surface area (Å²) in [6, 6.07) is 43.6. The summed E-state index contributed by atoms with van der Waals surface area (Å²) in [5.74, 6) is 0.186. The van der Waals surface area contributed by atoms with Gasteiger partial charge in [-0.15, -0.1) is 0 Å². The number of amides is 1. The first kappa shape index (κ1) is 32.1. The van der Waals surface area contributed by atoms with Gasteiger partial charge in [-0.25, -0.2) is 0 Å². The van der Waals surface area contributed by atoms with Gasteiger partial charge in [-0.1, -0.05) is 0 Å². The molecular weight excluding hydrogens is 653 g/mol. The molecule has 1 aliphatic carbocycles. The van der Waals surface area contributed by atoms with Crippen molar-refractivity contribution < 1.29 is 23.8 Å². The van der Waals surface area contributed by atoms with Gasteiger partial charge in [-0.3, -0.25) is 0 Å². The number of methoxy groups -OCH3 is 1. The zero-order valence-electron chi connectivity index (χ0n) is 26.4. The van der Waals surface area contributed by atoms with E-state index in [0.717, 1.165) is 50.0 Å². The number of benzene rings is 5. The van der Waals surface area contributed by atoms with Crippen molar-refractivity contribution in [1.29, 1.82) is 0 Å². The predicted molar refractivity (Wildman–Crippen MR) is 185 cm³/mol. The first-order chi connectivity index (χ1) is 22.9. The van der Waals surface area contributed by atoms with Gasteiger partial charge in [0.2, 0.25) is 0 Å². The van der Waals surface area contributed by atoms with Crippen LogP contribution in [0.2, 0.25) is 5.32 Å². The Balaban J connectivity index is 1.20. The Morgan fingerprint density at radius 3 is 1.83 bits per heavy atom. The first-order valence-electron chi connectivity index (χ1n) is 15.6. The fourth-order valence-electron chi connectivity index (χ4n) is 5.92. The first-order valence-corrected chi connectivity index (χ1v) is 18.0. The molecule has 7 heteroatoms. The Hall–Kier alpha value is -4.84. The summed E-state index contributed by atoms with van der Waals surface area (Å²) >= 11 is -0.0477. The Labute approximate surface area is 282 Å². The molecule has 1 amide bonds. The average molecular weight is 691 g/mol. The summed E-state index contributed by atoms with van der Waals surface area (Å²) in [6.45, 7) is 1.89.